The van der Waals surface area contributed by atoms with E-state index in [0.717, 1.165) is 37.0 Å². The second-order valence-electron chi connectivity index (χ2n) is 8.00. The molecular formula is C24H27FN2O3. The lowest BCUT2D eigenvalue weighted by atomic mass is 10.0. The van der Waals surface area contributed by atoms with Crippen LogP contribution in [0.15, 0.2) is 53.7 Å². The highest BCUT2D eigenvalue weighted by molar-refractivity contribution is 6.01. The second-order valence-corrected chi connectivity index (χ2v) is 8.00. The molecule has 1 amide bonds. The molecule has 5 nitrogen and oxygen atoms in total. The highest BCUT2D eigenvalue weighted by Gasteiger charge is 2.32. The fourth-order valence-corrected chi connectivity index (χ4v) is 4.28. The standard InChI is InChI=1S/C24H27FN2O3/c1-29-19-10-6-7-17(13-19)15-27(24(28)18-8-2-3-9-18)16-20-14-23(26-30-20)21-11-4-5-12-22(21)25/h4-7,10-13,18,20H,2-3,8-9,14-16H2,1H3/t20-/m1/s1. The van der Waals surface area contributed by atoms with Crippen molar-refractivity contribution in [3.63, 3.8) is 0 Å². The molecule has 158 valence electrons. The summed E-state index contributed by atoms with van der Waals surface area (Å²) in [6, 6.07) is 14.3. The Labute approximate surface area is 176 Å². The first-order valence-corrected chi connectivity index (χ1v) is 10.5. The van der Waals surface area contributed by atoms with E-state index in [1.165, 1.54) is 6.07 Å². The lowest BCUT2D eigenvalue weighted by molar-refractivity contribution is -0.137. The Kier molecular flexibility index (Phi) is 6.31. The third kappa shape index (κ3) is 4.64. The first-order valence-electron chi connectivity index (χ1n) is 10.5. The van der Waals surface area contributed by atoms with Gasteiger partial charge in [0.1, 0.15) is 11.6 Å². The lowest BCUT2D eigenvalue weighted by Crippen LogP contribution is -2.40. The summed E-state index contributed by atoms with van der Waals surface area (Å²) in [6.07, 6.45) is 4.28. The van der Waals surface area contributed by atoms with Crippen LogP contribution in [0.5, 0.6) is 5.75 Å². The van der Waals surface area contributed by atoms with Crippen LogP contribution in [-0.2, 0) is 16.2 Å². The summed E-state index contributed by atoms with van der Waals surface area (Å²) < 4.78 is 19.4. The predicted octanol–water partition coefficient (Wildman–Crippen LogP) is 4.55. The van der Waals surface area contributed by atoms with Gasteiger partial charge in [0.2, 0.25) is 5.91 Å². The molecule has 0 N–H and O–H groups in total. The molecule has 0 unspecified atom stereocenters. The lowest BCUT2D eigenvalue weighted by Gasteiger charge is -2.27. The van der Waals surface area contributed by atoms with Gasteiger partial charge >= 0.3 is 0 Å². The van der Waals surface area contributed by atoms with Crippen molar-refractivity contribution in [3.8, 4) is 5.75 Å². The van der Waals surface area contributed by atoms with Crippen molar-refractivity contribution in [2.75, 3.05) is 13.7 Å². The number of hydrogen-bond acceptors (Lipinski definition) is 4. The average molecular weight is 410 g/mol. The molecular weight excluding hydrogens is 383 g/mol. The predicted molar refractivity (Wildman–Crippen MR) is 113 cm³/mol. The number of methoxy groups -OCH3 is 1. The highest BCUT2D eigenvalue weighted by Crippen LogP contribution is 2.28. The Morgan fingerprint density at radius 1 is 1.20 bits per heavy atom. The van der Waals surface area contributed by atoms with E-state index in [1.807, 2.05) is 29.2 Å². The highest BCUT2D eigenvalue weighted by atomic mass is 19.1. The maximum atomic E-state index is 14.1. The molecule has 6 heteroatoms. The molecule has 30 heavy (non-hydrogen) atoms. The Morgan fingerprint density at radius 2 is 2.00 bits per heavy atom. The number of oxime groups is 1. The van der Waals surface area contributed by atoms with Crippen molar-refractivity contribution in [2.24, 2.45) is 11.1 Å². The van der Waals surface area contributed by atoms with Crippen LogP contribution in [0, 0.1) is 11.7 Å². The quantitative estimate of drug-likeness (QED) is 0.673. The van der Waals surface area contributed by atoms with E-state index in [4.69, 9.17) is 9.57 Å². The first kappa shape index (κ1) is 20.4. The van der Waals surface area contributed by atoms with E-state index < -0.39 is 0 Å². The largest absolute Gasteiger partial charge is 0.497 e. The average Bonchev–Trinajstić information content (AvgIpc) is 3.46. The van der Waals surface area contributed by atoms with Crippen molar-refractivity contribution in [1.82, 2.24) is 4.90 Å². The monoisotopic (exact) mass is 410 g/mol. The zero-order valence-electron chi connectivity index (χ0n) is 17.2. The number of nitrogens with zero attached hydrogens (tertiary/aromatic N) is 2. The van der Waals surface area contributed by atoms with Gasteiger partial charge in [0.05, 0.1) is 19.4 Å². The van der Waals surface area contributed by atoms with Crippen LogP contribution >= 0.6 is 0 Å². The van der Waals surface area contributed by atoms with Crippen LogP contribution in [0.25, 0.3) is 0 Å². The summed E-state index contributed by atoms with van der Waals surface area (Å²) in [5.74, 6) is 0.695. The van der Waals surface area contributed by atoms with Gasteiger partial charge in [-0.05, 0) is 36.6 Å². The van der Waals surface area contributed by atoms with Gasteiger partial charge < -0.3 is 14.5 Å². The van der Waals surface area contributed by atoms with Gasteiger partial charge in [-0.1, -0.05) is 48.3 Å². The van der Waals surface area contributed by atoms with Crippen molar-refractivity contribution in [1.29, 1.82) is 0 Å². The van der Waals surface area contributed by atoms with E-state index >= 15 is 0 Å². The Morgan fingerprint density at radius 3 is 2.77 bits per heavy atom. The van der Waals surface area contributed by atoms with E-state index in [1.54, 1.807) is 25.3 Å². The molecule has 2 aliphatic rings. The third-order valence-electron chi connectivity index (χ3n) is 5.87. The van der Waals surface area contributed by atoms with Crippen LogP contribution in [0.4, 0.5) is 4.39 Å². The van der Waals surface area contributed by atoms with Crippen LogP contribution < -0.4 is 4.74 Å². The smallest absolute Gasteiger partial charge is 0.226 e. The van der Waals surface area contributed by atoms with E-state index in [2.05, 4.69) is 5.16 Å². The summed E-state index contributed by atoms with van der Waals surface area (Å²) in [6.45, 7) is 0.912. The normalized spacial score (nSPS) is 18.7. The molecule has 0 saturated heterocycles. The summed E-state index contributed by atoms with van der Waals surface area (Å²) in [5.41, 5.74) is 2.06. The van der Waals surface area contributed by atoms with Gasteiger partial charge in [-0.25, -0.2) is 4.39 Å². The fraction of sp³-hybridized carbons (Fsp3) is 0.417. The van der Waals surface area contributed by atoms with E-state index in [0.29, 0.717) is 30.8 Å². The summed E-state index contributed by atoms with van der Waals surface area (Å²) in [4.78, 5) is 20.7. The number of carbonyl (C=O) groups is 1. The number of halogens is 1. The fourth-order valence-electron chi connectivity index (χ4n) is 4.28. The van der Waals surface area contributed by atoms with Gasteiger partial charge in [-0.3, -0.25) is 4.79 Å². The number of hydrogen-bond donors (Lipinski definition) is 0. The molecule has 1 fully saturated rings. The van der Waals surface area contributed by atoms with Crippen molar-refractivity contribution in [3.05, 3.63) is 65.5 Å². The zero-order valence-corrected chi connectivity index (χ0v) is 17.2. The summed E-state index contributed by atoms with van der Waals surface area (Å²) >= 11 is 0. The van der Waals surface area contributed by atoms with Crippen molar-refractivity contribution >= 4 is 11.6 Å². The number of ether oxygens (including phenoxy) is 1. The van der Waals surface area contributed by atoms with Gasteiger partial charge in [-0.15, -0.1) is 0 Å². The van der Waals surface area contributed by atoms with Crippen molar-refractivity contribution in [2.45, 2.75) is 44.8 Å². The molecule has 1 aliphatic carbocycles. The number of benzene rings is 2. The molecule has 0 bridgehead atoms. The van der Waals surface area contributed by atoms with E-state index in [9.17, 15) is 9.18 Å². The summed E-state index contributed by atoms with van der Waals surface area (Å²) in [7, 11) is 1.63. The molecule has 0 spiro atoms. The zero-order chi connectivity index (χ0) is 20.9. The van der Waals surface area contributed by atoms with Gasteiger partial charge in [-0.2, -0.15) is 0 Å². The second kappa shape index (κ2) is 9.28. The molecule has 1 atom stereocenters. The summed E-state index contributed by atoms with van der Waals surface area (Å²) in [5, 5.41) is 4.11. The molecule has 0 aromatic heterocycles. The topological polar surface area (TPSA) is 51.1 Å². The molecule has 2 aromatic carbocycles. The van der Waals surface area contributed by atoms with Gasteiger partial charge in [0.15, 0.2) is 6.10 Å². The third-order valence-corrected chi connectivity index (χ3v) is 5.87. The molecule has 2 aromatic rings. The van der Waals surface area contributed by atoms with E-state index in [-0.39, 0.29) is 23.7 Å². The van der Waals surface area contributed by atoms with Gasteiger partial charge in [0, 0.05) is 24.4 Å². The molecule has 4 rings (SSSR count). The maximum absolute atomic E-state index is 14.1. The van der Waals surface area contributed by atoms with Crippen LogP contribution in [0.2, 0.25) is 0 Å². The number of carbonyl (C=O) groups excluding carboxylic acids is 1. The minimum atomic E-state index is -0.309. The van der Waals surface area contributed by atoms with Gasteiger partial charge in [0.25, 0.3) is 0 Å². The maximum Gasteiger partial charge on any atom is 0.226 e. The number of amides is 1. The number of rotatable bonds is 7. The molecule has 1 heterocycles. The Balaban J connectivity index is 1.47. The molecule has 1 saturated carbocycles. The first-order chi connectivity index (χ1) is 14.6. The van der Waals surface area contributed by atoms with Crippen molar-refractivity contribution < 1.29 is 18.8 Å². The van der Waals surface area contributed by atoms with Crippen LogP contribution in [0.3, 0.4) is 0 Å². The molecule has 0 radical (unpaired) electrons. The Bertz CT molecular complexity index is 924. The minimum Gasteiger partial charge on any atom is -0.497 e. The van der Waals surface area contributed by atoms with Crippen LogP contribution in [0.1, 0.15) is 43.2 Å². The minimum absolute atomic E-state index is 0.0731. The SMILES string of the molecule is COc1cccc(CN(C[C@H]2CC(c3ccccc3F)=NO2)C(=O)C2CCCC2)c1. The van der Waals surface area contributed by atoms with Crippen LogP contribution in [-0.4, -0.2) is 36.3 Å². The molecule has 1 aliphatic heterocycles. The Hall–Kier alpha value is -2.89.